The fourth-order valence-electron chi connectivity index (χ4n) is 3.65. The fourth-order valence-corrected chi connectivity index (χ4v) is 3.65. The zero-order chi connectivity index (χ0) is 22.9. The number of fused-ring (bicyclic) bond motifs is 1. The van der Waals surface area contributed by atoms with Crippen molar-refractivity contribution >= 4 is 28.8 Å². The number of nitrogens with one attached hydrogen (secondary N) is 2. The number of halogens is 3. The van der Waals surface area contributed by atoms with E-state index < -0.39 is 17.8 Å². The lowest BCUT2D eigenvalue weighted by molar-refractivity contribution is -0.144. The highest BCUT2D eigenvalue weighted by atomic mass is 19.4. The van der Waals surface area contributed by atoms with Crippen molar-refractivity contribution in [3.05, 3.63) is 59.7 Å². The molecular weight excluding hydrogens is 423 g/mol. The lowest BCUT2D eigenvalue weighted by atomic mass is 10.00. The van der Waals surface area contributed by atoms with E-state index in [1.807, 2.05) is 18.2 Å². The molecule has 1 atom stereocenters. The van der Waals surface area contributed by atoms with E-state index in [-0.39, 0.29) is 24.8 Å². The van der Waals surface area contributed by atoms with Crippen molar-refractivity contribution in [1.82, 2.24) is 19.8 Å². The third-order valence-electron chi connectivity index (χ3n) is 5.51. The van der Waals surface area contributed by atoms with Gasteiger partial charge >= 0.3 is 6.18 Å². The van der Waals surface area contributed by atoms with Gasteiger partial charge in [0, 0.05) is 20.1 Å². The summed E-state index contributed by atoms with van der Waals surface area (Å²) < 4.78 is 39.8. The molecule has 0 spiro atoms. The van der Waals surface area contributed by atoms with Crippen LogP contribution in [0, 0.1) is 0 Å². The molecule has 1 aliphatic rings. The number of carbonyl (C=O) groups is 2. The molecule has 0 radical (unpaired) electrons. The number of aromatic nitrogens is 2. The number of rotatable bonds is 5. The summed E-state index contributed by atoms with van der Waals surface area (Å²) in [5.41, 5.74) is 0.949. The largest absolute Gasteiger partial charge is 0.416 e. The van der Waals surface area contributed by atoms with Crippen molar-refractivity contribution in [2.75, 3.05) is 32.0 Å². The molecule has 0 saturated carbocycles. The Balaban J connectivity index is 1.61. The van der Waals surface area contributed by atoms with Crippen LogP contribution in [0.1, 0.15) is 23.6 Å². The molecular formula is C22H22F3N5O2. The molecule has 2 aromatic carbocycles. The standard InChI is InChI=1S/C22H22F3N5O2/c1-29-9-10-30(13-20(29)32)19(31)12-18(14-5-4-6-15(11-14)22(23,24)25)28-21-26-16-7-2-3-8-17(16)27-21/h2-8,11,18H,9-10,12-13H2,1H3,(H2,26,27,28). The normalized spacial score (nSPS) is 15.8. The Morgan fingerprint density at radius 3 is 2.69 bits per heavy atom. The predicted octanol–water partition coefficient (Wildman–Crippen LogP) is 3.43. The average Bonchev–Trinajstić information content (AvgIpc) is 3.17. The van der Waals surface area contributed by atoms with E-state index >= 15 is 0 Å². The molecule has 1 aromatic heterocycles. The van der Waals surface area contributed by atoms with Gasteiger partial charge in [0.25, 0.3) is 0 Å². The summed E-state index contributed by atoms with van der Waals surface area (Å²) in [5, 5.41) is 3.08. The lowest BCUT2D eigenvalue weighted by Crippen LogP contribution is -2.51. The maximum absolute atomic E-state index is 13.3. The van der Waals surface area contributed by atoms with E-state index in [0.717, 1.165) is 17.6 Å². The van der Waals surface area contributed by atoms with Gasteiger partial charge in [-0.05, 0) is 29.8 Å². The second kappa shape index (κ2) is 8.52. The van der Waals surface area contributed by atoms with Crippen molar-refractivity contribution in [3.8, 4) is 0 Å². The van der Waals surface area contributed by atoms with Gasteiger partial charge in [0.15, 0.2) is 0 Å². The second-order valence-electron chi connectivity index (χ2n) is 7.76. The highest BCUT2D eigenvalue weighted by Crippen LogP contribution is 2.32. The number of likely N-dealkylation sites (N-methyl/N-ethyl adjacent to an activating group) is 1. The number of piperazine rings is 1. The van der Waals surface area contributed by atoms with E-state index in [1.165, 1.54) is 17.0 Å². The van der Waals surface area contributed by atoms with Crippen molar-refractivity contribution in [1.29, 1.82) is 0 Å². The van der Waals surface area contributed by atoms with Gasteiger partial charge in [-0.3, -0.25) is 9.59 Å². The molecule has 2 amide bonds. The van der Waals surface area contributed by atoms with E-state index in [2.05, 4.69) is 15.3 Å². The van der Waals surface area contributed by atoms with E-state index in [1.54, 1.807) is 18.0 Å². The van der Waals surface area contributed by atoms with Crippen molar-refractivity contribution < 1.29 is 22.8 Å². The van der Waals surface area contributed by atoms with Gasteiger partial charge in [-0.15, -0.1) is 0 Å². The molecule has 2 N–H and O–H groups in total. The number of aromatic amines is 1. The van der Waals surface area contributed by atoms with Crippen LogP contribution >= 0.6 is 0 Å². The number of H-pyrrole nitrogens is 1. The summed E-state index contributed by atoms with van der Waals surface area (Å²) in [4.78, 5) is 35.4. The molecule has 1 fully saturated rings. The van der Waals surface area contributed by atoms with E-state index in [0.29, 0.717) is 30.1 Å². The van der Waals surface area contributed by atoms with Crippen molar-refractivity contribution in [2.45, 2.75) is 18.6 Å². The first-order valence-electron chi connectivity index (χ1n) is 10.1. The first-order valence-corrected chi connectivity index (χ1v) is 10.1. The van der Waals surface area contributed by atoms with Crippen molar-refractivity contribution in [2.24, 2.45) is 0 Å². The SMILES string of the molecule is CN1CCN(C(=O)CC(Nc2nc3ccccc3[nH]2)c2cccc(C(F)(F)F)c2)CC1=O. The molecule has 1 saturated heterocycles. The monoisotopic (exact) mass is 445 g/mol. The number of amides is 2. The van der Waals surface area contributed by atoms with Crippen LogP contribution in [0.4, 0.5) is 19.1 Å². The number of anilines is 1. The number of alkyl halides is 3. The van der Waals surface area contributed by atoms with Gasteiger partial charge in [-0.1, -0.05) is 24.3 Å². The molecule has 2 heterocycles. The number of carbonyl (C=O) groups excluding carboxylic acids is 2. The van der Waals surface area contributed by atoms with Gasteiger partial charge in [-0.25, -0.2) is 4.98 Å². The molecule has 1 unspecified atom stereocenters. The number of hydrogen-bond acceptors (Lipinski definition) is 4. The third kappa shape index (κ3) is 4.68. The summed E-state index contributed by atoms with van der Waals surface area (Å²) in [6.07, 6.45) is -4.64. The number of hydrogen-bond donors (Lipinski definition) is 2. The smallest absolute Gasteiger partial charge is 0.348 e. The lowest BCUT2D eigenvalue weighted by Gasteiger charge is -2.33. The highest BCUT2D eigenvalue weighted by Gasteiger charge is 2.32. The first-order chi connectivity index (χ1) is 15.2. The summed E-state index contributed by atoms with van der Waals surface area (Å²) in [5.74, 6) is -0.154. The van der Waals surface area contributed by atoms with Crippen LogP contribution < -0.4 is 5.32 Å². The van der Waals surface area contributed by atoms with Crippen LogP contribution in [0.15, 0.2) is 48.5 Å². The Bertz CT molecular complexity index is 1110. The second-order valence-corrected chi connectivity index (χ2v) is 7.76. The summed E-state index contributed by atoms with van der Waals surface area (Å²) >= 11 is 0. The minimum atomic E-state index is -4.51. The first kappa shape index (κ1) is 21.7. The number of imidazole rings is 1. The molecule has 0 bridgehead atoms. The quantitative estimate of drug-likeness (QED) is 0.631. The van der Waals surface area contributed by atoms with Gasteiger partial charge in [0.1, 0.15) is 0 Å². The van der Waals surface area contributed by atoms with E-state index in [9.17, 15) is 22.8 Å². The number of para-hydroxylation sites is 2. The molecule has 3 aromatic rings. The Kier molecular flexibility index (Phi) is 5.77. The van der Waals surface area contributed by atoms with Gasteiger partial charge < -0.3 is 20.1 Å². The van der Waals surface area contributed by atoms with E-state index in [4.69, 9.17) is 0 Å². The maximum Gasteiger partial charge on any atom is 0.416 e. The third-order valence-corrected chi connectivity index (χ3v) is 5.51. The van der Waals surface area contributed by atoms with Crippen LogP contribution in [0.3, 0.4) is 0 Å². The van der Waals surface area contributed by atoms with Crippen LogP contribution in [0.25, 0.3) is 11.0 Å². The van der Waals surface area contributed by atoms with Crippen LogP contribution in [0.5, 0.6) is 0 Å². The number of benzene rings is 2. The van der Waals surface area contributed by atoms with Gasteiger partial charge in [0.05, 0.1) is 35.6 Å². The predicted molar refractivity (Wildman–Crippen MR) is 113 cm³/mol. The molecule has 0 aliphatic carbocycles. The Morgan fingerprint density at radius 2 is 1.97 bits per heavy atom. The molecule has 4 rings (SSSR count). The summed E-state index contributed by atoms with van der Waals surface area (Å²) in [6, 6.07) is 11.4. The minimum absolute atomic E-state index is 0.0463. The molecule has 7 nitrogen and oxygen atoms in total. The minimum Gasteiger partial charge on any atom is -0.348 e. The maximum atomic E-state index is 13.3. The zero-order valence-electron chi connectivity index (χ0n) is 17.3. The molecule has 1 aliphatic heterocycles. The highest BCUT2D eigenvalue weighted by molar-refractivity contribution is 5.86. The Morgan fingerprint density at radius 1 is 1.19 bits per heavy atom. The molecule has 10 heteroatoms. The van der Waals surface area contributed by atoms with Crippen LogP contribution in [-0.4, -0.2) is 58.3 Å². The zero-order valence-corrected chi connectivity index (χ0v) is 17.3. The topological polar surface area (TPSA) is 81.3 Å². The van der Waals surface area contributed by atoms with Crippen molar-refractivity contribution in [3.63, 3.8) is 0 Å². The molecule has 168 valence electrons. The van der Waals surface area contributed by atoms with Gasteiger partial charge in [0.2, 0.25) is 17.8 Å². The summed E-state index contributed by atoms with van der Waals surface area (Å²) in [6.45, 7) is 0.742. The average molecular weight is 445 g/mol. The Labute approximate surface area is 182 Å². The summed E-state index contributed by atoms with van der Waals surface area (Å²) in [7, 11) is 1.67. The molecule has 32 heavy (non-hydrogen) atoms. The fraction of sp³-hybridized carbons (Fsp3) is 0.318. The van der Waals surface area contributed by atoms with Crippen LogP contribution in [-0.2, 0) is 15.8 Å². The Hall–Kier alpha value is -3.56. The number of nitrogens with zero attached hydrogens (tertiary/aromatic N) is 3. The van der Waals surface area contributed by atoms with Gasteiger partial charge in [-0.2, -0.15) is 13.2 Å². The van der Waals surface area contributed by atoms with Crippen LogP contribution in [0.2, 0.25) is 0 Å².